The molecule has 1 aromatic heterocycles. The molecule has 8 heteroatoms. The standard InChI is InChI=1S/C16H32N6O.HI/c1-5-7-11-21(3)16(17-9-8-13-23-4)18-10-12-22-14-19-20-15(22)6-2;/h14H,5-13H2,1-4H3,(H,17,18);1H. The fourth-order valence-corrected chi connectivity index (χ4v) is 2.23. The molecule has 1 N–H and O–H groups in total. The SMILES string of the molecule is CCCCN(C)C(=NCCCOC)NCCn1cnnc1CC.I. The number of hydrogen-bond acceptors (Lipinski definition) is 4. The summed E-state index contributed by atoms with van der Waals surface area (Å²) in [4.78, 5) is 6.88. The van der Waals surface area contributed by atoms with Crippen molar-refractivity contribution in [1.82, 2.24) is 25.0 Å². The van der Waals surface area contributed by atoms with Crippen LogP contribution in [0.15, 0.2) is 11.3 Å². The number of aliphatic imine (C=N–C) groups is 1. The average Bonchev–Trinajstić information content (AvgIpc) is 3.02. The second kappa shape index (κ2) is 14.4. The van der Waals surface area contributed by atoms with E-state index >= 15 is 0 Å². The maximum atomic E-state index is 5.08. The quantitative estimate of drug-likeness (QED) is 0.241. The topological polar surface area (TPSA) is 67.6 Å². The summed E-state index contributed by atoms with van der Waals surface area (Å²) in [6, 6.07) is 0. The molecule has 0 spiro atoms. The Labute approximate surface area is 163 Å². The molecule has 0 radical (unpaired) electrons. The number of hydrogen-bond donors (Lipinski definition) is 1. The Morgan fingerprint density at radius 1 is 1.38 bits per heavy atom. The monoisotopic (exact) mass is 452 g/mol. The maximum absolute atomic E-state index is 5.08. The molecule has 0 bridgehead atoms. The Bertz CT molecular complexity index is 452. The van der Waals surface area contributed by atoms with Crippen LogP contribution in [0, 0.1) is 0 Å². The van der Waals surface area contributed by atoms with E-state index in [9.17, 15) is 0 Å². The Balaban J connectivity index is 0.00000529. The highest BCUT2D eigenvalue weighted by molar-refractivity contribution is 14.0. The van der Waals surface area contributed by atoms with Crippen molar-refractivity contribution in [3.05, 3.63) is 12.2 Å². The fraction of sp³-hybridized carbons (Fsp3) is 0.812. The van der Waals surface area contributed by atoms with Crippen LogP contribution in [0.1, 0.15) is 38.9 Å². The third-order valence-electron chi connectivity index (χ3n) is 3.62. The lowest BCUT2D eigenvalue weighted by Gasteiger charge is -2.22. The Morgan fingerprint density at radius 2 is 2.17 bits per heavy atom. The summed E-state index contributed by atoms with van der Waals surface area (Å²) in [6.45, 7) is 8.48. The predicted octanol–water partition coefficient (Wildman–Crippen LogP) is 2.17. The largest absolute Gasteiger partial charge is 0.385 e. The van der Waals surface area contributed by atoms with Crippen molar-refractivity contribution in [3.8, 4) is 0 Å². The molecule has 0 fully saturated rings. The van der Waals surface area contributed by atoms with Gasteiger partial charge < -0.3 is 19.5 Å². The van der Waals surface area contributed by atoms with Crippen molar-refractivity contribution in [2.24, 2.45) is 4.99 Å². The van der Waals surface area contributed by atoms with Gasteiger partial charge in [0.25, 0.3) is 0 Å². The lowest BCUT2D eigenvalue weighted by molar-refractivity contribution is 0.197. The van der Waals surface area contributed by atoms with Gasteiger partial charge in [0.2, 0.25) is 0 Å². The third kappa shape index (κ3) is 8.81. The molecule has 0 saturated carbocycles. The van der Waals surface area contributed by atoms with Gasteiger partial charge in [0.15, 0.2) is 5.96 Å². The predicted molar refractivity (Wildman–Crippen MR) is 109 cm³/mol. The van der Waals surface area contributed by atoms with Crippen molar-refractivity contribution in [2.45, 2.75) is 46.1 Å². The fourth-order valence-electron chi connectivity index (χ4n) is 2.23. The van der Waals surface area contributed by atoms with Gasteiger partial charge >= 0.3 is 0 Å². The Hall–Kier alpha value is -0.900. The first-order chi connectivity index (χ1) is 11.2. The third-order valence-corrected chi connectivity index (χ3v) is 3.62. The van der Waals surface area contributed by atoms with Gasteiger partial charge in [-0.2, -0.15) is 0 Å². The minimum atomic E-state index is 0. The lowest BCUT2D eigenvalue weighted by atomic mass is 10.3. The summed E-state index contributed by atoms with van der Waals surface area (Å²) < 4.78 is 7.17. The highest BCUT2D eigenvalue weighted by Crippen LogP contribution is 1.97. The summed E-state index contributed by atoms with van der Waals surface area (Å²) in [5, 5.41) is 11.5. The van der Waals surface area contributed by atoms with Crippen molar-refractivity contribution >= 4 is 29.9 Å². The van der Waals surface area contributed by atoms with Gasteiger partial charge in [-0.15, -0.1) is 34.2 Å². The first kappa shape index (κ1) is 23.1. The second-order valence-electron chi connectivity index (χ2n) is 5.55. The van der Waals surface area contributed by atoms with Crippen LogP contribution < -0.4 is 5.32 Å². The van der Waals surface area contributed by atoms with E-state index in [1.807, 2.05) is 0 Å². The number of unbranched alkanes of at least 4 members (excludes halogenated alkanes) is 1. The molecular weight excluding hydrogens is 419 g/mol. The van der Waals surface area contributed by atoms with Gasteiger partial charge in [-0.05, 0) is 12.8 Å². The van der Waals surface area contributed by atoms with E-state index in [1.165, 1.54) is 12.8 Å². The van der Waals surface area contributed by atoms with E-state index in [4.69, 9.17) is 4.74 Å². The normalized spacial score (nSPS) is 11.2. The minimum Gasteiger partial charge on any atom is -0.385 e. The number of aromatic nitrogens is 3. The molecule has 1 heterocycles. The lowest BCUT2D eigenvalue weighted by Crippen LogP contribution is -2.41. The van der Waals surface area contributed by atoms with Crippen LogP contribution in [-0.2, 0) is 17.7 Å². The van der Waals surface area contributed by atoms with E-state index in [0.717, 1.165) is 57.4 Å². The van der Waals surface area contributed by atoms with E-state index in [1.54, 1.807) is 13.4 Å². The van der Waals surface area contributed by atoms with E-state index in [0.29, 0.717) is 0 Å². The number of methoxy groups -OCH3 is 1. The molecule has 0 aromatic carbocycles. The minimum absolute atomic E-state index is 0. The van der Waals surface area contributed by atoms with Crippen LogP contribution in [-0.4, -0.2) is 66.0 Å². The van der Waals surface area contributed by atoms with Gasteiger partial charge in [-0.3, -0.25) is 4.99 Å². The molecule has 0 aliphatic rings. The molecular formula is C16H33IN6O. The second-order valence-corrected chi connectivity index (χ2v) is 5.55. The number of nitrogens with zero attached hydrogens (tertiary/aromatic N) is 5. The van der Waals surface area contributed by atoms with E-state index < -0.39 is 0 Å². The van der Waals surface area contributed by atoms with Crippen LogP contribution in [0.4, 0.5) is 0 Å². The van der Waals surface area contributed by atoms with Crippen LogP contribution in [0.5, 0.6) is 0 Å². The highest BCUT2D eigenvalue weighted by Gasteiger charge is 2.06. The number of guanidine groups is 1. The highest BCUT2D eigenvalue weighted by atomic mass is 127. The Morgan fingerprint density at radius 3 is 2.83 bits per heavy atom. The molecule has 0 amide bonds. The number of rotatable bonds is 11. The molecule has 0 aliphatic carbocycles. The van der Waals surface area contributed by atoms with E-state index in [-0.39, 0.29) is 24.0 Å². The van der Waals surface area contributed by atoms with Gasteiger partial charge in [0.05, 0.1) is 0 Å². The smallest absolute Gasteiger partial charge is 0.193 e. The molecule has 0 atom stereocenters. The molecule has 140 valence electrons. The molecule has 1 rings (SSSR count). The molecule has 0 saturated heterocycles. The number of ether oxygens (including phenoxy) is 1. The summed E-state index contributed by atoms with van der Waals surface area (Å²) in [6.07, 6.45) is 5.97. The van der Waals surface area contributed by atoms with Gasteiger partial charge in [-0.1, -0.05) is 20.3 Å². The first-order valence-electron chi connectivity index (χ1n) is 8.57. The first-order valence-corrected chi connectivity index (χ1v) is 8.57. The van der Waals surface area contributed by atoms with Crippen molar-refractivity contribution in [3.63, 3.8) is 0 Å². The summed E-state index contributed by atoms with van der Waals surface area (Å²) in [7, 11) is 3.81. The van der Waals surface area contributed by atoms with Crippen LogP contribution >= 0.6 is 24.0 Å². The summed E-state index contributed by atoms with van der Waals surface area (Å²) in [5.41, 5.74) is 0. The molecule has 0 aliphatic heterocycles. The Kier molecular flexibility index (Phi) is 13.9. The zero-order chi connectivity index (χ0) is 16.9. The van der Waals surface area contributed by atoms with Crippen LogP contribution in [0.25, 0.3) is 0 Å². The molecule has 7 nitrogen and oxygen atoms in total. The zero-order valence-corrected chi connectivity index (χ0v) is 17.8. The van der Waals surface area contributed by atoms with Gasteiger partial charge in [0.1, 0.15) is 12.2 Å². The van der Waals surface area contributed by atoms with E-state index in [2.05, 4.69) is 50.9 Å². The van der Waals surface area contributed by atoms with Crippen molar-refractivity contribution in [2.75, 3.05) is 40.4 Å². The number of aryl methyl sites for hydroxylation is 1. The van der Waals surface area contributed by atoms with Crippen molar-refractivity contribution < 1.29 is 4.74 Å². The van der Waals surface area contributed by atoms with Gasteiger partial charge in [-0.25, -0.2) is 0 Å². The van der Waals surface area contributed by atoms with Gasteiger partial charge in [0, 0.05) is 53.4 Å². The van der Waals surface area contributed by atoms with Crippen LogP contribution in [0.2, 0.25) is 0 Å². The zero-order valence-electron chi connectivity index (χ0n) is 15.5. The summed E-state index contributed by atoms with van der Waals surface area (Å²) in [5.74, 6) is 1.98. The molecule has 0 unspecified atom stereocenters. The average molecular weight is 452 g/mol. The maximum Gasteiger partial charge on any atom is 0.193 e. The number of nitrogens with one attached hydrogen (secondary N) is 1. The van der Waals surface area contributed by atoms with Crippen LogP contribution in [0.3, 0.4) is 0 Å². The molecule has 1 aromatic rings. The number of halogens is 1. The van der Waals surface area contributed by atoms with Crippen molar-refractivity contribution in [1.29, 1.82) is 0 Å². The molecule has 24 heavy (non-hydrogen) atoms. The summed E-state index contributed by atoms with van der Waals surface area (Å²) >= 11 is 0.